The van der Waals surface area contributed by atoms with Crippen molar-refractivity contribution in [2.75, 3.05) is 4.90 Å². The standard InChI is InChI=1S/C33H32N2O2.C27H29N.2C2H6.H3P/c1-6-28(19-27-17-13-8-7-10-14-22(2)36-25(27)5)35-24(4)23(3)29-20-32-30(21-31(29)35)34-33(37-32)18-26-15-11-9-12-16-26;1-5-20(6-2)21-17-18-26-24(19-21)27(3,4)23-15-11-12-16-25(23)28(26)22-13-9-7-8-10-14-22;2*1-2;/h6,8-16,19-21H,2,5,7,17-18H2,1,3-4H3;5-6,9,11-19H,1,7-8,10H2,2-4H3;2*1-2H3;1H3/b13-8-,14-10-,27-19-,28-6+;;;;. The molecule has 5 nitrogen and oxygen atoms in total. The van der Waals surface area contributed by atoms with Crippen molar-refractivity contribution in [1.29, 1.82) is 0 Å². The molecule has 0 spiro atoms. The third kappa shape index (κ3) is 11.8. The molecule has 0 saturated heterocycles. The number of aromatic nitrogens is 2. The summed E-state index contributed by atoms with van der Waals surface area (Å²) >= 11 is 0. The van der Waals surface area contributed by atoms with Crippen LogP contribution in [0.5, 0.6) is 0 Å². The van der Waals surface area contributed by atoms with Crippen molar-refractivity contribution < 1.29 is 9.15 Å². The molecule has 9 rings (SSSR count). The lowest BCUT2D eigenvalue weighted by atomic mass is 9.73. The second kappa shape index (κ2) is 25.3. The van der Waals surface area contributed by atoms with Crippen LogP contribution in [0.25, 0.3) is 33.3 Å². The van der Waals surface area contributed by atoms with Gasteiger partial charge in [0.15, 0.2) is 11.5 Å². The summed E-state index contributed by atoms with van der Waals surface area (Å²) in [6.45, 7) is 33.3. The fourth-order valence-electron chi connectivity index (χ4n) is 9.26. The molecule has 6 aromatic rings. The molecule has 2 aliphatic heterocycles. The molecule has 1 atom stereocenters. The molecule has 0 amide bonds. The van der Waals surface area contributed by atoms with Gasteiger partial charge in [-0.25, -0.2) is 4.98 Å². The summed E-state index contributed by atoms with van der Waals surface area (Å²) in [5.41, 5.74) is 17.3. The second-order valence-electron chi connectivity index (χ2n) is 17.5. The van der Waals surface area contributed by atoms with E-state index in [0.29, 0.717) is 17.9 Å². The number of para-hydroxylation sites is 1. The fourth-order valence-corrected chi connectivity index (χ4v) is 9.26. The molecule has 70 heavy (non-hydrogen) atoms. The number of hydrogen-bond acceptors (Lipinski definition) is 4. The Balaban J connectivity index is 0.000000248. The molecule has 6 heteroatoms. The van der Waals surface area contributed by atoms with E-state index in [0.717, 1.165) is 64.8 Å². The lowest BCUT2D eigenvalue weighted by molar-refractivity contribution is 0.332. The van der Waals surface area contributed by atoms with Crippen molar-refractivity contribution in [1.82, 2.24) is 9.55 Å². The predicted octanol–water partition coefficient (Wildman–Crippen LogP) is 18.5. The summed E-state index contributed by atoms with van der Waals surface area (Å²) in [7, 11) is 0. The molecule has 364 valence electrons. The van der Waals surface area contributed by atoms with E-state index in [2.05, 4.69) is 186 Å². The van der Waals surface area contributed by atoms with Gasteiger partial charge in [0.1, 0.15) is 17.0 Å². The van der Waals surface area contributed by atoms with Crippen molar-refractivity contribution in [3.63, 3.8) is 0 Å². The van der Waals surface area contributed by atoms with Gasteiger partial charge in [-0.05, 0) is 147 Å². The van der Waals surface area contributed by atoms with E-state index in [1.165, 1.54) is 62.6 Å². The quantitative estimate of drug-likeness (QED) is 0.0909. The number of nitrogens with zero attached hydrogens (tertiary/aromatic N) is 3. The third-order valence-electron chi connectivity index (χ3n) is 12.9. The van der Waals surface area contributed by atoms with Gasteiger partial charge < -0.3 is 18.6 Å². The molecule has 2 aromatic heterocycles. The number of benzene rings is 4. The highest BCUT2D eigenvalue weighted by Gasteiger charge is 2.37. The smallest absolute Gasteiger partial charge is 0.199 e. The topological polar surface area (TPSA) is 43.4 Å². The van der Waals surface area contributed by atoms with Gasteiger partial charge in [0, 0.05) is 34.3 Å². The SMILES string of the molecule is C=C1/C=C\C/C=C\C/C(=C/C(=C\C)n2c(C)c(C)c3cc4oc(Cc5ccccc5)nc4cc32)C(=C)O1.C=CC(=CC)c1ccc2c(c1)C(C)(C)c1ccccc1N2C1=CCCCC=C1.CC.CC.P. The second-order valence-corrected chi connectivity index (χ2v) is 17.5. The zero-order chi connectivity index (χ0) is 49.7. The molecule has 4 aromatic carbocycles. The van der Waals surface area contributed by atoms with E-state index in [1.807, 2.05) is 64.1 Å². The van der Waals surface area contributed by atoms with E-state index in [4.69, 9.17) is 14.1 Å². The number of anilines is 2. The molecular formula is C64H76N3O2P. The van der Waals surface area contributed by atoms with E-state index >= 15 is 0 Å². The number of allylic oxidation sites excluding steroid dienone is 14. The molecular weight excluding hydrogens is 874 g/mol. The van der Waals surface area contributed by atoms with Crippen molar-refractivity contribution in [3.05, 3.63) is 234 Å². The number of ether oxygens (including phenoxy) is 1. The van der Waals surface area contributed by atoms with Gasteiger partial charge in [0.2, 0.25) is 0 Å². The highest BCUT2D eigenvalue weighted by Crippen LogP contribution is 2.51. The molecule has 3 aliphatic rings. The van der Waals surface area contributed by atoms with Crippen LogP contribution in [0, 0.1) is 13.8 Å². The molecule has 0 bridgehead atoms. The van der Waals surface area contributed by atoms with Crippen molar-refractivity contribution >= 4 is 54.5 Å². The third-order valence-corrected chi connectivity index (χ3v) is 12.9. The van der Waals surface area contributed by atoms with Crippen molar-refractivity contribution in [3.8, 4) is 0 Å². The van der Waals surface area contributed by atoms with Gasteiger partial charge in [-0.1, -0.05) is 164 Å². The Morgan fingerprint density at radius 2 is 1.53 bits per heavy atom. The first-order valence-corrected chi connectivity index (χ1v) is 24.9. The maximum atomic E-state index is 6.17. The molecule has 0 saturated carbocycles. The minimum absolute atomic E-state index is 0. The monoisotopic (exact) mass is 950 g/mol. The number of rotatable bonds is 7. The van der Waals surface area contributed by atoms with Crippen molar-refractivity contribution in [2.45, 2.75) is 113 Å². The molecule has 1 aliphatic carbocycles. The maximum absolute atomic E-state index is 6.17. The normalized spacial score (nSPS) is 16.9. The maximum Gasteiger partial charge on any atom is 0.199 e. The molecule has 0 N–H and O–H groups in total. The van der Waals surface area contributed by atoms with Crippen LogP contribution >= 0.6 is 9.90 Å². The van der Waals surface area contributed by atoms with Crippen molar-refractivity contribution in [2.24, 2.45) is 0 Å². The van der Waals surface area contributed by atoms with Crippen LogP contribution in [0.2, 0.25) is 0 Å². The summed E-state index contributed by atoms with van der Waals surface area (Å²) in [6.07, 6.45) is 29.3. The average molecular weight is 950 g/mol. The number of oxazole rings is 1. The van der Waals surface area contributed by atoms with Gasteiger partial charge in [0.05, 0.1) is 16.9 Å². The Morgan fingerprint density at radius 1 is 0.800 bits per heavy atom. The highest BCUT2D eigenvalue weighted by molar-refractivity contribution is 6.92. The lowest BCUT2D eigenvalue weighted by Crippen LogP contribution is -2.32. The fraction of sp³-hybridized carbons (Fsp3) is 0.266. The molecule has 4 heterocycles. The first-order chi connectivity index (χ1) is 33.5. The predicted molar refractivity (Wildman–Crippen MR) is 309 cm³/mol. The van der Waals surface area contributed by atoms with Gasteiger partial charge >= 0.3 is 0 Å². The Labute approximate surface area is 423 Å². The Morgan fingerprint density at radius 3 is 2.26 bits per heavy atom. The van der Waals surface area contributed by atoms with Crippen LogP contribution in [0.3, 0.4) is 0 Å². The number of aryl methyl sites for hydroxylation is 1. The summed E-state index contributed by atoms with van der Waals surface area (Å²) in [6, 6.07) is 30.3. The first kappa shape index (κ1) is 54.3. The van der Waals surface area contributed by atoms with Gasteiger partial charge in [-0.2, -0.15) is 9.90 Å². The summed E-state index contributed by atoms with van der Waals surface area (Å²) in [4.78, 5) is 7.28. The van der Waals surface area contributed by atoms with Gasteiger partial charge in [0.25, 0.3) is 0 Å². The summed E-state index contributed by atoms with van der Waals surface area (Å²) < 4.78 is 14.4. The van der Waals surface area contributed by atoms with E-state index in [-0.39, 0.29) is 15.3 Å². The Hall–Kier alpha value is -6.68. The Bertz CT molecular complexity index is 3030. The largest absolute Gasteiger partial charge is 0.458 e. The van der Waals surface area contributed by atoms with Crippen LogP contribution in [0.4, 0.5) is 11.4 Å². The van der Waals surface area contributed by atoms with Crippen LogP contribution in [-0.4, -0.2) is 9.55 Å². The van der Waals surface area contributed by atoms with Gasteiger partial charge in [-0.15, -0.1) is 0 Å². The van der Waals surface area contributed by atoms with Crippen LogP contribution in [0.1, 0.15) is 127 Å². The van der Waals surface area contributed by atoms with Crippen LogP contribution in [-0.2, 0) is 16.6 Å². The van der Waals surface area contributed by atoms with Crippen LogP contribution in [0.15, 0.2) is 199 Å². The molecule has 1 unspecified atom stereocenters. The first-order valence-electron chi connectivity index (χ1n) is 24.9. The average Bonchev–Trinajstić information content (AvgIpc) is 3.72. The van der Waals surface area contributed by atoms with E-state index in [9.17, 15) is 0 Å². The van der Waals surface area contributed by atoms with Gasteiger partial charge in [-0.3, -0.25) is 0 Å². The minimum Gasteiger partial charge on any atom is -0.458 e. The molecule has 0 radical (unpaired) electrons. The van der Waals surface area contributed by atoms with Crippen LogP contribution < -0.4 is 4.90 Å². The number of fused-ring (bicyclic) bond motifs is 4. The van der Waals surface area contributed by atoms with E-state index in [1.54, 1.807) is 0 Å². The zero-order valence-electron chi connectivity index (χ0n) is 43.7. The van der Waals surface area contributed by atoms with E-state index < -0.39 is 0 Å². The minimum atomic E-state index is -0.0620. The Kier molecular flexibility index (Phi) is 19.6. The summed E-state index contributed by atoms with van der Waals surface area (Å²) in [5, 5.41) is 1.16. The highest BCUT2D eigenvalue weighted by atomic mass is 31.0. The zero-order valence-corrected chi connectivity index (χ0v) is 45.1. The lowest BCUT2D eigenvalue weighted by Gasteiger charge is -2.42. The molecule has 0 fully saturated rings. The number of hydrogen-bond donors (Lipinski definition) is 0. The summed E-state index contributed by atoms with van der Waals surface area (Å²) in [5.74, 6) is 1.92.